The number of rotatable bonds is 4. The monoisotopic (exact) mass is 292 g/mol. The van der Waals surface area contributed by atoms with Crippen LogP contribution in [0.15, 0.2) is 22.7 Å². The van der Waals surface area contributed by atoms with Gasteiger partial charge in [-0.3, -0.25) is 4.90 Å². The van der Waals surface area contributed by atoms with Gasteiger partial charge in [0.05, 0.1) is 19.8 Å². The van der Waals surface area contributed by atoms with Crippen LogP contribution in [-0.4, -0.2) is 41.3 Å². The minimum atomic E-state index is -0.266. The van der Waals surface area contributed by atoms with Gasteiger partial charge in [-0.15, -0.1) is 0 Å². The van der Waals surface area contributed by atoms with Crippen LogP contribution in [-0.2, 0) is 17.8 Å². The molecule has 6 nitrogen and oxygen atoms in total. The Balaban J connectivity index is 1.75. The maximum absolute atomic E-state index is 14.2. The molecule has 0 amide bonds. The van der Waals surface area contributed by atoms with E-state index in [-0.39, 0.29) is 12.4 Å². The van der Waals surface area contributed by atoms with Gasteiger partial charge in [-0.05, 0) is 6.07 Å². The van der Waals surface area contributed by atoms with Crippen molar-refractivity contribution in [2.24, 2.45) is 5.73 Å². The maximum Gasteiger partial charge on any atom is 0.240 e. The molecule has 0 bridgehead atoms. The fourth-order valence-corrected chi connectivity index (χ4v) is 2.27. The van der Waals surface area contributed by atoms with Crippen molar-refractivity contribution in [3.8, 4) is 11.4 Å². The van der Waals surface area contributed by atoms with Gasteiger partial charge >= 0.3 is 0 Å². The quantitative estimate of drug-likeness (QED) is 0.911. The second kappa shape index (κ2) is 6.30. The molecule has 0 spiro atoms. The highest BCUT2D eigenvalue weighted by atomic mass is 19.1. The van der Waals surface area contributed by atoms with E-state index >= 15 is 0 Å². The van der Waals surface area contributed by atoms with Crippen LogP contribution in [0, 0.1) is 5.82 Å². The number of benzene rings is 1. The second-order valence-electron chi connectivity index (χ2n) is 4.91. The molecule has 2 N–H and O–H groups in total. The first-order valence-corrected chi connectivity index (χ1v) is 6.88. The average Bonchev–Trinajstić information content (AvgIpc) is 2.99. The number of aromatic nitrogens is 2. The summed E-state index contributed by atoms with van der Waals surface area (Å²) in [5, 5.41) is 3.78. The molecule has 7 heteroatoms. The van der Waals surface area contributed by atoms with Crippen molar-refractivity contribution in [2.45, 2.75) is 13.1 Å². The molecule has 3 rings (SSSR count). The summed E-state index contributed by atoms with van der Waals surface area (Å²) >= 11 is 0. The van der Waals surface area contributed by atoms with Gasteiger partial charge < -0.3 is 15.0 Å². The third-order valence-electron chi connectivity index (χ3n) is 3.45. The Morgan fingerprint density at radius 2 is 2.10 bits per heavy atom. The minimum Gasteiger partial charge on any atom is -0.379 e. The Bertz CT molecular complexity index is 611. The highest BCUT2D eigenvalue weighted by Crippen LogP contribution is 2.20. The van der Waals surface area contributed by atoms with E-state index in [0.29, 0.717) is 42.6 Å². The predicted octanol–water partition coefficient (Wildman–Crippen LogP) is 1.17. The molecule has 1 aromatic carbocycles. The number of ether oxygens (including phenoxy) is 1. The fraction of sp³-hybridized carbons (Fsp3) is 0.429. The normalized spacial score (nSPS) is 16.3. The molecule has 1 aliphatic heterocycles. The first-order chi connectivity index (χ1) is 10.3. The van der Waals surface area contributed by atoms with E-state index in [2.05, 4.69) is 15.0 Å². The van der Waals surface area contributed by atoms with Crippen LogP contribution in [0.1, 0.15) is 11.5 Å². The molecule has 0 saturated carbocycles. The minimum absolute atomic E-state index is 0.171. The van der Waals surface area contributed by atoms with Gasteiger partial charge in [-0.1, -0.05) is 17.3 Å². The molecule has 112 valence electrons. The standard InChI is InChI=1S/C14H17FN4O2/c15-12-7-10(14-17-13(8-16)21-18-14)1-2-11(12)9-19-3-5-20-6-4-19/h1-2,7H,3-6,8-9,16H2. The van der Waals surface area contributed by atoms with Crippen LogP contribution in [0.5, 0.6) is 0 Å². The maximum atomic E-state index is 14.2. The Hall–Kier alpha value is -1.83. The Kier molecular flexibility index (Phi) is 4.23. The number of morpholine rings is 1. The zero-order valence-electron chi connectivity index (χ0n) is 11.6. The third-order valence-corrected chi connectivity index (χ3v) is 3.45. The van der Waals surface area contributed by atoms with Crippen LogP contribution >= 0.6 is 0 Å². The first-order valence-electron chi connectivity index (χ1n) is 6.88. The predicted molar refractivity (Wildman–Crippen MR) is 73.7 cm³/mol. The van der Waals surface area contributed by atoms with Gasteiger partial charge in [0.15, 0.2) is 0 Å². The Morgan fingerprint density at radius 3 is 2.76 bits per heavy atom. The van der Waals surface area contributed by atoms with E-state index in [1.807, 2.05) is 0 Å². The van der Waals surface area contributed by atoms with Gasteiger partial charge in [0, 0.05) is 30.8 Å². The van der Waals surface area contributed by atoms with E-state index < -0.39 is 0 Å². The summed E-state index contributed by atoms with van der Waals surface area (Å²) in [6, 6.07) is 4.99. The van der Waals surface area contributed by atoms with Crippen molar-refractivity contribution in [1.82, 2.24) is 15.0 Å². The third kappa shape index (κ3) is 3.26. The molecule has 0 unspecified atom stereocenters. The lowest BCUT2D eigenvalue weighted by atomic mass is 10.1. The van der Waals surface area contributed by atoms with Gasteiger partial charge in [0.25, 0.3) is 0 Å². The first kappa shape index (κ1) is 14.1. The fourth-order valence-electron chi connectivity index (χ4n) is 2.27. The molecule has 0 radical (unpaired) electrons. The van der Waals surface area contributed by atoms with Crippen molar-refractivity contribution < 1.29 is 13.7 Å². The van der Waals surface area contributed by atoms with Gasteiger partial charge in [-0.25, -0.2) is 4.39 Å². The van der Waals surface area contributed by atoms with Crippen molar-refractivity contribution in [3.05, 3.63) is 35.5 Å². The molecule has 1 saturated heterocycles. The molecule has 21 heavy (non-hydrogen) atoms. The number of hydrogen-bond acceptors (Lipinski definition) is 6. The smallest absolute Gasteiger partial charge is 0.240 e. The molecular formula is C14H17FN4O2. The summed E-state index contributed by atoms with van der Waals surface area (Å²) in [5.41, 5.74) is 6.65. The van der Waals surface area contributed by atoms with Gasteiger partial charge in [0.2, 0.25) is 11.7 Å². The Labute approximate surface area is 121 Å². The van der Waals surface area contributed by atoms with Crippen LogP contribution < -0.4 is 5.73 Å². The average molecular weight is 292 g/mol. The number of nitrogens with zero attached hydrogens (tertiary/aromatic N) is 3. The molecule has 0 aliphatic carbocycles. The number of halogens is 1. The van der Waals surface area contributed by atoms with Crippen LogP contribution in [0.25, 0.3) is 11.4 Å². The summed E-state index contributed by atoms with van der Waals surface area (Å²) in [6.45, 7) is 3.80. The SMILES string of the molecule is NCc1nc(-c2ccc(CN3CCOCC3)c(F)c2)no1. The van der Waals surface area contributed by atoms with Gasteiger partial charge in [0.1, 0.15) is 5.82 Å². The van der Waals surface area contributed by atoms with E-state index in [0.717, 1.165) is 13.1 Å². The summed E-state index contributed by atoms with van der Waals surface area (Å²) in [4.78, 5) is 6.26. The lowest BCUT2D eigenvalue weighted by Crippen LogP contribution is -2.35. The summed E-state index contributed by atoms with van der Waals surface area (Å²) in [5.74, 6) is 0.424. The zero-order chi connectivity index (χ0) is 14.7. The summed E-state index contributed by atoms with van der Waals surface area (Å²) in [7, 11) is 0. The van der Waals surface area contributed by atoms with E-state index in [4.69, 9.17) is 15.0 Å². The highest BCUT2D eigenvalue weighted by Gasteiger charge is 2.15. The van der Waals surface area contributed by atoms with Crippen LogP contribution in [0.4, 0.5) is 4.39 Å². The lowest BCUT2D eigenvalue weighted by Gasteiger charge is -2.26. The number of nitrogens with two attached hydrogens (primary N) is 1. The van der Waals surface area contributed by atoms with Gasteiger partial charge in [-0.2, -0.15) is 4.98 Å². The molecule has 2 heterocycles. The van der Waals surface area contributed by atoms with E-state index in [1.54, 1.807) is 12.1 Å². The molecule has 1 aromatic heterocycles. The molecule has 1 fully saturated rings. The van der Waals surface area contributed by atoms with Crippen molar-refractivity contribution in [1.29, 1.82) is 0 Å². The number of hydrogen-bond donors (Lipinski definition) is 1. The Morgan fingerprint density at radius 1 is 1.29 bits per heavy atom. The van der Waals surface area contributed by atoms with Crippen molar-refractivity contribution >= 4 is 0 Å². The van der Waals surface area contributed by atoms with E-state index in [1.165, 1.54) is 6.07 Å². The van der Waals surface area contributed by atoms with Crippen LogP contribution in [0.2, 0.25) is 0 Å². The topological polar surface area (TPSA) is 77.4 Å². The molecule has 1 aliphatic rings. The van der Waals surface area contributed by atoms with Crippen LogP contribution in [0.3, 0.4) is 0 Å². The van der Waals surface area contributed by atoms with Crippen molar-refractivity contribution in [3.63, 3.8) is 0 Å². The largest absolute Gasteiger partial charge is 0.379 e. The highest BCUT2D eigenvalue weighted by molar-refractivity contribution is 5.55. The zero-order valence-corrected chi connectivity index (χ0v) is 11.6. The molecule has 0 atom stereocenters. The van der Waals surface area contributed by atoms with Crippen molar-refractivity contribution in [2.75, 3.05) is 26.3 Å². The summed E-state index contributed by atoms with van der Waals surface area (Å²) in [6.07, 6.45) is 0. The molecular weight excluding hydrogens is 275 g/mol. The van der Waals surface area contributed by atoms with E-state index in [9.17, 15) is 4.39 Å². The second-order valence-corrected chi connectivity index (χ2v) is 4.91. The summed E-state index contributed by atoms with van der Waals surface area (Å²) < 4.78 is 24.4. The lowest BCUT2D eigenvalue weighted by molar-refractivity contribution is 0.0337. The molecule has 2 aromatic rings.